The summed E-state index contributed by atoms with van der Waals surface area (Å²) in [5, 5.41) is 0.513. The molecule has 1 aliphatic rings. The zero-order valence-electron chi connectivity index (χ0n) is 13.8. The van der Waals surface area contributed by atoms with Gasteiger partial charge in [0.05, 0.1) is 17.0 Å². The van der Waals surface area contributed by atoms with E-state index in [0.29, 0.717) is 16.5 Å². The molecule has 120 valence electrons. The summed E-state index contributed by atoms with van der Waals surface area (Å²) in [6.45, 7) is 3.93. The first-order valence-corrected chi connectivity index (χ1v) is 7.88. The number of benzene rings is 2. The molecule has 1 atom stereocenters. The third-order valence-corrected chi connectivity index (χ3v) is 4.65. The highest BCUT2D eigenvalue weighted by atomic mass is 16.3. The van der Waals surface area contributed by atoms with Crippen LogP contribution in [0, 0.1) is 13.8 Å². The van der Waals surface area contributed by atoms with Gasteiger partial charge in [-0.3, -0.25) is 9.59 Å². The Kier molecular flexibility index (Phi) is 3.10. The van der Waals surface area contributed by atoms with E-state index in [1.54, 1.807) is 24.1 Å². The summed E-state index contributed by atoms with van der Waals surface area (Å²) in [5.41, 5.74) is 3.79. The maximum absolute atomic E-state index is 13.0. The van der Waals surface area contributed by atoms with Gasteiger partial charge in [0, 0.05) is 7.05 Å². The number of amides is 1. The molecule has 4 rings (SSSR count). The fourth-order valence-corrected chi connectivity index (χ4v) is 3.33. The lowest BCUT2D eigenvalue weighted by molar-refractivity contribution is 0.0771. The summed E-state index contributed by atoms with van der Waals surface area (Å²) in [7, 11) is 1.71. The molecule has 24 heavy (non-hydrogen) atoms. The van der Waals surface area contributed by atoms with Crippen LogP contribution < -0.4 is 5.43 Å². The molecular weight excluding hydrogens is 302 g/mol. The topological polar surface area (TPSA) is 50.5 Å². The highest BCUT2D eigenvalue weighted by molar-refractivity contribution is 5.98. The molecule has 2 heterocycles. The van der Waals surface area contributed by atoms with E-state index in [9.17, 15) is 9.59 Å². The van der Waals surface area contributed by atoms with E-state index < -0.39 is 6.04 Å². The summed E-state index contributed by atoms with van der Waals surface area (Å²) in [5.74, 6) is -0.0951. The fourth-order valence-electron chi connectivity index (χ4n) is 3.33. The Balaban J connectivity index is 2.02. The molecule has 3 aromatic rings. The average Bonchev–Trinajstić information content (AvgIpc) is 2.81. The van der Waals surface area contributed by atoms with Crippen molar-refractivity contribution in [2.75, 3.05) is 7.05 Å². The summed E-state index contributed by atoms with van der Waals surface area (Å²) in [6, 6.07) is 12.9. The lowest BCUT2D eigenvalue weighted by Gasteiger charge is -2.20. The highest BCUT2D eigenvalue weighted by Gasteiger charge is 2.40. The van der Waals surface area contributed by atoms with Crippen LogP contribution in [0.15, 0.2) is 51.7 Å². The van der Waals surface area contributed by atoms with Crippen molar-refractivity contribution in [3.05, 3.63) is 80.7 Å². The van der Waals surface area contributed by atoms with Gasteiger partial charge in [-0.15, -0.1) is 0 Å². The minimum absolute atomic E-state index is 0.130. The molecule has 1 aromatic heterocycles. The zero-order chi connectivity index (χ0) is 17.0. The van der Waals surface area contributed by atoms with Gasteiger partial charge in [-0.2, -0.15) is 0 Å². The standard InChI is InChI=1S/C20H17NO3/c1-11-4-7-13(8-5-11)17-16-18(22)14-9-6-12(2)10-15(14)24-19(16)20(23)21(17)3/h4-10,17H,1-3H3/t17-/m1/s1. The van der Waals surface area contributed by atoms with Crippen LogP contribution in [-0.4, -0.2) is 17.9 Å². The molecule has 0 fully saturated rings. The molecule has 0 saturated carbocycles. The molecule has 0 aliphatic carbocycles. The lowest BCUT2D eigenvalue weighted by atomic mass is 9.98. The summed E-state index contributed by atoms with van der Waals surface area (Å²) in [4.78, 5) is 27.2. The van der Waals surface area contributed by atoms with Gasteiger partial charge in [0.1, 0.15) is 5.58 Å². The van der Waals surface area contributed by atoms with Crippen LogP contribution in [-0.2, 0) is 0 Å². The van der Waals surface area contributed by atoms with Crippen LogP contribution in [0.4, 0.5) is 0 Å². The average molecular weight is 319 g/mol. The largest absolute Gasteiger partial charge is 0.450 e. The number of hydrogen-bond donors (Lipinski definition) is 0. The second-order valence-corrected chi connectivity index (χ2v) is 6.40. The Morgan fingerprint density at radius 2 is 1.62 bits per heavy atom. The smallest absolute Gasteiger partial charge is 0.290 e. The molecular formula is C20H17NO3. The normalized spacial score (nSPS) is 16.7. The number of nitrogens with zero attached hydrogens (tertiary/aromatic N) is 1. The number of hydrogen-bond acceptors (Lipinski definition) is 3. The SMILES string of the molecule is Cc1ccc([C@@H]2c3c(oc4cc(C)ccc4c3=O)C(=O)N2C)cc1. The maximum Gasteiger partial charge on any atom is 0.290 e. The van der Waals surface area contributed by atoms with Crippen LogP contribution in [0.2, 0.25) is 0 Å². The fraction of sp³-hybridized carbons (Fsp3) is 0.200. The predicted molar refractivity (Wildman–Crippen MR) is 92.3 cm³/mol. The number of aryl methyl sites for hydroxylation is 2. The van der Waals surface area contributed by atoms with Crippen molar-refractivity contribution in [2.45, 2.75) is 19.9 Å². The Hall–Kier alpha value is -2.88. The van der Waals surface area contributed by atoms with Gasteiger partial charge < -0.3 is 9.32 Å². The molecule has 2 aromatic carbocycles. The van der Waals surface area contributed by atoms with Gasteiger partial charge in [-0.25, -0.2) is 0 Å². The highest BCUT2D eigenvalue weighted by Crippen LogP contribution is 2.36. The van der Waals surface area contributed by atoms with E-state index in [1.165, 1.54) is 0 Å². The number of rotatable bonds is 1. The monoisotopic (exact) mass is 319 g/mol. The van der Waals surface area contributed by atoms with Crippen molar-refractivity contribution < 1.29 is 9.21 Å². The van der Waals surface area contributed by atoms with Gasteiger partial charge in [-0.05, 0) is 37.1 Å². The van der Waals surface area contributed by atoms with Crippen molar-refractivity contribution in [3.63, 3.8) is 0 Å². The Bertz CT molecular complexity index is 1030. The van der Waals surface area contributed by atoms with Gasteiger partial charge >= 0.3 is 0 Å². The number of fused-ring (bicyclic) bond motifs is 2. The molecule has 0 saturated heterocycles. The third-order valence-electron chi connectivity index (χ3n) is 4.65. The molecule has 0 spiro atoms. The third kappa shape index (κ3) is 1.99. The Labute approximate surface area is 139 Å². The summed E-state index contributed by atoms with van der Waals surface area (Å²) in [6.07, 6.45) is 0. The lowest BCUT2D eigenvalue weighted by Crippen LogP contribution is -2.25. The predicted octanol–water partition coefficient (Wildman–Crippen LogP) is 3.58. The molecule has 0 bridgehead atoms. The van der Waals surface area contributed by atoms with Crippen LogP contribution in [0.5, 0.6) is 0 Å². The molecule has 4 nitrogen and oxygen atoms in total. The van der Waals surface area contributed by atoms with Gasteiger partial charge in [0.2, 0.25) is 5.76 Å². The molecule has 0 unspecified atom stereocenters. The van der Waals surface area contributed by atoms with Crippen LogP contribution in [0.3, 0.4) is 0 Å². The first-order chi connectivity index (χ1) is 11.5. The van der Waals surface area contributed by atoms with Crippen LogP contribution in [0.1, 0.15) is 38.9 Å². The number of carbonyl (C=O) groups is 1. The molecule has 1 amide bonds. The van der Waals surface area contributed by atoms with Crippen molar-refractivity contribution in [1.82, 2.24) is 4.90 Å². The minimum atomic E-state index is -0.407. The van der Waals surface area contributed by atoms with E-state index in [-0.39, 0.29) is 17.1 Å². The van der Waals surface area contributed by atoms with Crippen LogP contribution in [0.25, 0.3) is 11.0 Å². The quantitative estimate of drug-likeness (QED) is 0.689. The maximum atomic E-state index is 13.0. The Morgan fingerprint density at radius 1 is 0.958 bits per heavy atom. The van der Waals surface area contributed by atoms with Crippen molar-refractivity contribution in [2.24, 2.45) is 0 Å². The zero-order valence-corrected chi connectivity index (χ0v) is 13.8. The van der Waals surface area contributed by atoms with E-state index in [0.717, 1.165) is 16.7 Å². The molecule has 1 aliphatic heterocycles. The van der Waals surface area contributed by atoms with Crippen molar-refractivity contribution in [1.29, 1.82) is 0 Å². The van der Waals surface area contributed by atoms with Crippen molar-refractivity contribution in [3.8, 4) is 0 Å². The van der Waals surface area contributed by atoms with E-state index in [2.05, 4.69) is 0 Å². The molecule has 0 radical (unpaired) electrons. The second-order valence-electron chi connectivity index (χ2n) is 6.40. The summed E-state index contributed by atoms with van der Waals surface area (Å²) >= 11 is 0. The van der Waals surface area contributed by atoms with Gasteiger partial charge in [0.15, 0.2) is 5.43 Å². The molecule has 4 heteroatoms. The first-order valence-electron chi connectivity index (χ1n) is 7.88. The number of carbonyl (C=O) groups excluding carboxylic acids is 1. The van der Waals surface area contributed by atoms with Crippen molar-refractivity contribution >= 4 is 16.9 Å². The van der Waals surface area contributed by atoms with Gasteiger partial charge in [0.25, 0.3) is 5.91 Å². The van der Waals surface area contributed by atoms with Gasteiger partial charge in [-0.1, -0.05) is 35.9 Å². The van der Waals surface area contributed by atoms with E-state index >= 15 is 0 Å². The second kappa shape index (κ2) is 5.06. The Morgan fingerprint density at radius 3 is 2.33 bits per heavy atom. The van der Waals surface area contributed by atoms with E-state index in [1.807, 2.05) is 44.2 Å². The first kappa shape index (κ1) is 14.7. The molecule has 0 N–H and O–H groups in total. The van der Waals surface area contributed by atoms with E-state index in [4.69, 9.17) is 4.42 Å². The summed E-state index contributed by atoms with van der Waals surface area (Å²) < 4.78 is 5.83. The minimum Gasteiger partial charge on any atom is -0.450 e. The van der Waals surface area contributed by atoms with Crippen LogP contribution >= 0.6 is 0 Å².